The van der Waals surface area contributed by atoms with Gasteiger partial charge in [0.25, 0.3) is 0 Å². The van der Waals surface area contributed by atoms with Gasteiger partial charge in [0.2, 0.25) is 11.8 Å². The fraction of sp³-hybridized carbons (Fsp3) is 0.364. The molecule has 1 heterocycles. The quantitative estimate of drug-likeness (QED) is 0.838. The molecule has 0 bridgehead atoms. The van der Waals surface area contributed by atoms with E-state index in [-0.39, 0.29) is 17.7 Å². The van der Waals surface area contributed by atoms with Crippen molar-refractivity contribution in [2.24, 2.45) is 5.92 Å². The van der Waals surface area contributed by atoms with E-state index in [9.17, 15) is 9.59 Å². The van der Waals surface area contributed by atoms with Gasteiger partial charge in [-0.05, 0) is 41.7 Å². The normalized spacial score (nSPS) is 16.2. The fourth-order valence-electron chi connectivity index (χ4n) is 3.44. The molecule has 142 valence electrons. The largest absolute Gasteiger partial charge is 0.326 e. The number of fused-ring (bicyclic) bond motifs is 1. The van der Waals surface area contributed by atoms with Crippen LogP contribution in [0.1, 0.15) is 37.0 Å². The number of anilines is 1. The smallest absolute Gasteiger partial charge is 0.247 e. The number of halogens is 1. The Kier molecular flexibility index (Phi) is 5.85. The molecule has 0 aromatic heterocycles. The van der Waals surface area contributed by atoms with Gasteiger partial charge < -0.3 is 10.2 Å². The Bertz CT molecular complexity index is 863. The standard InChI is InChI=1S/C22H25ClN2O2/c1-14(2)11-21(26)25-13-17-8-5-4-7-16(17)12-20(25)22(27)24-19-10-6-9-18(23)15(19)3/h4-10,14,20H,11-13H2,1-3H3,(H,24,27). The number of hydrogen-bond donors (Lipinski definition) is 1. The first-order valence-corrected chi connectivity index (χ1v) is 9.67. The van der Waals surface area contributed by atoms with Crippen molar-refractivity contribution in [3.63, 3.8) is 0 Å². The van der Waals surface area contributed by atoms with Gasteiger partial charge in [-0.3, -0.25) is 9.59 Å². The summed E-state index contributed by atoms with van der Waals surface area (Å²) in [6.45, 7) is 6.37. The van der Waals surface area contributed by atoms with Crippen LogP contribution >= 0.6 is 11.6 Å². The first-order valence-electron chi connectivity index (χ1n) is 9.29. The van der Waals surface area contributed by atoms with Gasteiger partial charge in [-0.2, -0.15) is 0 Å². The van der Waals surface area contributed by atoms with E-state index < -0.39 is 6.04 Å². The molecule has 1 aliphatic rings. The number of rotatable bonds is 4. The number of nitrogens with zero attached hydrogens (tertiary/aromatic N) is 1. The second-order valence-electron chi connectivity index (χ2n) is 7.51. The highest BCUT2D eigenvalue weighted by Crippen LogP contribution is 2.27. The summed E-state index contributed by atoms with van der Waals surface area (Å²) in [6, 6.07) is 12.9. The summed E-state index contributed by atoms with van der Waals surface area (Å²) in [4.78, 5) is 27.6. The molecule has 0 aliphatic carbocycles. The van der Waals surface area contributed by atoms with Crippen molar-refractivity contribution in [3.8, 4) is 0 Å². The van der Waals surface area contributed by atoms with Crippen LogP contribution in [0.3, 0.4) is 0 Å². The minimum atomic E-state index is -0.524. The third-order valence-electron chi connectivity index (χ3n) is 4.98. The van der Waals surface area contributed by atoms with E-state index in [1.165, 1.54) is 0 Å². The van der Waals surface area contributed by atoms with E-state index in [0.717, 1.165) is 16.7 Å². The number of carbonyl (C=O) groups excluding carboxylic acids is 2. The van der Waals surface area contributed by atoms with Crippen LogP contribution in [0.5, 0.6) is 0 Å². The highest BCUT2D eigenvalue weighted by atomic mass is 35.5. The van der Waals surface area contributed by atoms with Crippen molar-refractivity contribution in [1.29, 1.82) is 0 Å². The number of nitrogens with one attached hydrogen (secondary N) is 1. The molecule has 1 unspecified atom stereocenters. The lowest BCUT2D eigenvalue weighted by Crippen LogP contribution is -2.50. The van der Waals surface area contributed by atoms with Gasteiger partial charge in [-0.15, -0.1) is 0 Å². The van der Waals surface area contributed by atoms with Gasteiger partial charge in [0.15, 0.2) is 0 Å². The molecule has 1 aliphatic heterocycles. The number of amides is 2. The van der Waals surface area contributed by atoms with Gasteiger partial charge >= 0.3 is 0 Å². The minimum absolute atomic E-state index is 0.0162. The Labute approximate surface area is 165 Å². The highest BCUT2D eigenvalue weighted by Gasteiger charge is 2.34. The van der Waals surface area contributed by atoms with Crippen LogP contribution in [0.25, 0.3) is 0 Å². The molecule has 2 amide bonds. The third-order valence-corrected chi connectivity index (χ3v) is 5.39. The van der Waals surface area contributed by atoms with Crippen molar-refractivity contribution in [3.05, 3.63) is 64.2 Å². The SMILES string of the molecule is Cc1c(Cl)cccc1NC(=O)C1Cc2ccccc2CN1C(=O)CC(C)C. The van der Waals surface area contributed by atoms with Crippen LogP contribution in [0.15, 0.2) is 42.5 Å². The molecule has 27 heavy (non-hydrogen) atoms. The summed E-state index contributed by atoms with van der Waals surface area (Å²) in [5.41, 5.74) is 3.73. The van der Waals surface area contributed by atoms with E-state index >= 15 is 0 Å². The molecule has 4 nitrogen and oxygen atoms in total. The topological polar surface area (TPSA) is 49.4 Å². The van der Waals surface area contributed by atoms with E-state index in [1.807, 2.05) is 57.2 Å². The molecule has 0 spiro atoms. The maximum atomic E-state index is 13.1. The van der Waals surface area contributed by atoms with Crippen molar-refractivity contribution in [2.45, 2.75) is 46.2 Å². The van der Waals surface area contributed by atoms with Crippen LogP contribution in [0, 0.1) is 12.8 Å². The van der Waals surface area contributed by atoms with Crippen LogP contribution < -0.4 is 5.32 Å². The zero-order chi connectivity index (χ0) is 19.6. The van der Waals surface area contributed by atoms with E-state index in [0.29, 0.717) is 30.1 Å². The molecule has 5 heteroatoms. The Balaban J connectivity index is 1.88. The number of carbonyl (C=O) groups is 2. The second kappa shape index (κ2) is 8.13. The predicted octanol–water partition coefficient (Wildman–Crippen LogP) is 4.59. The van der Waals surface area contributed by atoms with Crippen LogP contribution in [0.2, 0.25) is 5.02 Å². The van der Waals surface area contributed by atoms with Crippen molar-refractivity contribution in [2.75, 3.05) is 5.32 Å². The summed E-state index contributed by atoms with van der Waals surface area (Å²) in [7, 11) is 0. The van der Waals surface area contributed by atoms with E-state index in [2.05, 4.69) is 5.32 Å². The molecular formula is C22H25ClN2O2. The summed E-state index contributed by atoms with van der Waals surface area (Å²) in [5, 5.41) is 3.58. The van der Waals surface area contributed by atoms with Gasteiger partial charge in [0.1, 0.15) is 6.04 Å². The monoisotopic (exact) mass is 384 g/mol. The van der Waals surface area contributed by atoms with E-state index in [4.69, 9.17) is 11.6 Å². The van der Waals surface area contributed by atoms with Crippen molar-refractivity contribution < 1.29 is 9.59 Å². The van der Waals surface area contributed by atoms with Gasteiger partial charge in [-0.25, -0.2) is 0 Å². The molecule has 0 radical (unpaired) electrons. The van der Waals surface area contributed by atoms with Gasteiger partial charge in [0, 0.05) is 30.1 Å². The third kappa shape index (κ3) is 4.33. The molecular weight excluding hydrogens is 360 g/mol. The Morgan fingerprint density at radius 2 is 1.85 bits per heavy atom. The second-order valence-corrected chi connectivity index (χ2v) is 7.92. The first kappa shape index (κ1) is 19.4. The van der Waals surface area contributed by atoms with Crippen LogP contribution in [-0.4, -0.2) is 22.8 Å². The molecule has 3 rings (SSSR count). The molecule has 0 saturated heterocycles. The Hall–Kier alpha value is -2.33. The summed E-state index contributed by atoms with van der Waals surface area (Å²) in [6.07, 6.45) is 0.952. The molecule has 1 atom stereocenters. The fourth-order valence-corrected chi connectivity index (χ4v) is 3.62. The van der Waals surface area contributed by atoms with Crippen molar-refractivity contribution in [1.82, 2.24) is 4.90 Å². The maximum Gasteiger partial charge on any atom is 0.247 e. The lowest BCUT2D eigenvalue weighted by Gasteiger charge is -2.36. The Morgan fingerprint density at radius 1 is 1.15 bits per heavy atom. The van der Waals surface area contributed by atoms with Crippen LogP contribution in [-0.2, 0) is 22.6 Å². The summed E-state index contributed by atoms with van der Waals surface area (Å²) in [5.74, 6) is 0.0861. The van der Waals surface area contributed by atoms with Crippen LogP contribution in [0.4, 0.5) is 5.69 Å². The molecule has 2 aromatic rings. The molecule has 0 saturated carbocycles. The maximum absolute atomic E-state index is 13.1. The van der Waals surface area contributed by atoms with Crippen molar-refractivity contribution >= 4 is 29.1 Å². The highest BCUT2D eigenvalue weighted by molar-refractivity contribution is 6.31. The Morgan fingerprint density at radius 3 is 2.56 bits per heavy atom. The minimum Gasteiger partial charge on any atom is -0.326 e. The lowest BCUT2D eigenvalue weighted by atomic mass is 9.92. The molecule has 0 fully saturated rings. The summed E-state index contributed by atoms with van der Waals surface area (Å²) >= 11 is 6.17. The zero-order valence-corrected chi connectivity index (χ0v) is 16.7. The lowest BCUT2D eigenvalue weighted by molar-refractivity contribution is -0.140. The number of benzene rings is 2. The predicted molar refractivity (Wildman–Crippen MR) is 109 cm³/mol. The molecule has 1 N–H and O–H groups in total. The van der Waals surface area contributed by atoms with E-state index in [1.54, 1.807) is 11.0 Å². The summed E-state index contributed by atoms with van der Waals surface area (Å²) < 4.78 is 0. The zero-order valence-electron chi connectivity index (χ0n) is 16.0. The average molecular weight is 385 g/mol. The average Bonchev–Trinajstić information content (AvgIpc) is 2.63. The first-order chi connectivity index (χ1) is 12.9. The van der Waals surface area contributed by atoms with Gasteiger partial charge in [-0.1, -0.05) is 55.8 Å². The van der Waals surface area contributed by atoms with Gasteiger partial charge in [0.05, 0.1) is 0 Å². The molecule has 2 aromatic carbocycles. The number of hydrogen-bond acceptors (Lipinski definition) is 2.